The zero-order chi connectivity index (χ0) is 22.2. The van der Waals surface area contributed by atoms with E-state index in [1.807, 2.05) is 24.3 Å². The summed E-state index contributed by atoms with van der Waals surface area (Å²) in [5.41, 5.74) is 7.02. The lowest BCUT2D eigenvalue weighted by Crippen LogP contribution is -2.47. The van der Waals surface area contributed by atoms with Crippen molar-refractivity contribution in [3.05, 3.63) is 34.3 Å². The molecule has 4 rings (SSSR count). The number of rotatable bonds is 5. The van der Waals surface area contributed by atoms with E-state index in [9.17, 15) is 14.4 Å². The Morgan fingerprint density at radius 3 is 2.68 bits per heavy atom. The maximum Gasteiger partial charge on any atom is 0.237 e. The van der Waals surface area contributed by atoms with Crippen LogP contribution < -0.4 is 16.4 Å². The Labute approximate surface area is 192 Å². The van der Waals surface area contributed by atoms with Gasteiger partial charge in [0.05, 0.1) is 12.1 Å². The SMILES string of the molecule is C[C@H](N)C(=O)N[C@H]1CC2CC23CC[C@@H](C(=O)NCc2ccc(Br)cc2)C(CCC1=O)C3. The topological polar surface area (TPSA) is 101 Å². The van der Waals surface area contributed by atoms with E-state index in [4.69, 9.17) is 5.73 Å². The van der Waals surface area contributed by atoms with Gasteiger partial charge in [-0.3, -0.25) is 14.4 Å². The summed E-state index contributed by atoms with van der Waals surface area (Å²) in [4.78, 5) is 38.0. The fourth-order valence-electron chi connectivity index (χ4n) is 5.70. The largest absolute Gasteiger partial charge is 0.352 e. The molecule has 3 aliphatic carbocycles. The van der Waals surface area contributed by atoms with E-state index in [1.54, 1.807) is 6.92 Å². The van der Waals surface area contributed by atoms with Crippen molar-refractivity contribution in [2.24, 2.45) is 28.9 Å². The van der Waals surface area contributed by atoms with Crippen LogP contribution in [-0.2, 0) is 20.9 Å². The van der Waals surface area contributed by atoms with Crippen molar-refractivity contribution >= 4 is 33.5 Å². The molecule has 4 N–H and O–H groups in total. The maximum absolute atomic E-state index is 13.0. The van der Waals surface area contributed by atoms with Gasteiger partial charge in [0.1, 0.15) is 0 Å². The van der Waals surface area contributed by atoms with Gasteiger partial charge in [-0.1, -0.05) is 28.1 Å². The van der Waals surface area contributed by atoms with Crippen LogP contribution >= 0.6 is 15.9 Å². The second kappa shape index (κ2) is 9.02. The molecule has 6 nitrogen and oxygen atoms in total. The summed E-state index contributed by atoms with van der Waals surface area (Å²) in [5, 5.41) is 6.00. The number of benzene rings is 1. The molecule has 31 heavy (non-hydrogen) atoms. The Balaban J connectivity index is 1.40. The van der Waals surface area contributed by atoms with Crippen molar-refractivity contribution in [1.29, 1.82) is 0 Å². The average molecular weight is 490 g/mol. The van der Waals surface area contributed by atoms with Crippen LogP contribution in [0.2, 0.25) is 0 Å². The number of halogens is 1. The minimum Gasteiger partial charge on any atom is -0.352 e. The number of nitrogens with two attached hydrogens (primary N) is 1. The van der Waals surface area contributed by atoms with Crippen molar-refractivity contribution in [3.8, 4) is 0 Å². The third-order valence-electron chi connectivity index (χ3n) is 7.67. The molecule has 7 heteroatoms. The summed E-state index contributed by atoms with van der Waals surface area (Å²) < 4.78 is 1.02. The smallest absolute Gasteiger partial charge is 0.237 e. The molecule has 168 valence electrons. The lowest BCUT2D eigenvalue weighted by Gasteiger charge is -2.36. The number of fused-ring (bicyclic) bond motifs is 1. The Kier molecular flexibility index (Phi) is 6.54. The molecule has 0 radical (unpaired) electrons. The van der Waals surface area contributed by atoms with Gasteiger partial charge in [0.2, 0.25) is 11.8 Å². The normalized spacial score (nSPS) is 33.2. The van der Waals surface area contributed by atoms with Crippen LogP contribution in [0.4, 0.5) is 0 Å². The molecule has 2 bridgehead atoms. The Morgan fingerprint density at radius 2 is 1.97 bits per heavy atom. The number of hydrogen-bond acceptors (Lipinski definition) is 4. The zero-order valence-corrected chi connectivity index (χ0v) is 19.6. The fraction of sp³-hybridized carbons (Fsp3) is 0.625. The van der Waals surface area contributed by atoms with Gasteiger partial charge in [0, 0.05) is 23.4 Å². The molecule has 6 atom stereocenters. The molecule has 2 amide bonds. The summed E-state index contributed by atoms with van der Waals surface area (Å²) >= 11 is 3.43. The van der Waals surface area contributed by atoms with Crippen LogP contribution in [-0.4, -0.2) is 29.7 Å². The van der Waals surface area contributed by atoms with E-state index in [-0.39, 0.29) is 34.8 Å². The van der Waals surface area contributed by atoms with Crippen molar-refractivity contribution in [2.75, 3.05) is 0 Å². The minimum atomic E-state index is -0.619. The summed E-state index contributed by atoms with van der Waals surface area (Å²) in [7, 11) is 0. The van der Waals surface area contributed by atoms with Crippen LogP contribution in [0.25, 0.3) is 0 Å². The summed E-state index contributed by atoms with van der Waals surface area (Å²) in [6.07, 6.45) is 5.89. The Bertz CT molecular complexity index is 856. The molecule has 1 spiro atoms. The molecule has 1 aromatic carbocycles. The predicted molar refractivity (Wildman–Crippen MR) is 122 cm³/mol. The molecule has 3 unspecified atom stereocenters. The van der Waals surface area contributed by atoms with E-state index < -0.39 is 12.1 Å². The number of carbonyl (C=O) groups is 3. The predicted octanol–water partition coefficient (Wildman–Crippen LogP) is 3.07. The van der Waals surface area contributed by atoms with Gasteiger partial charge >= 0.3 is 0 Å². The second-order valence-corrected chi connectivity index (χ2v) is 10.7. The number of nitrogens with one attached hydrogen (secondary N) is 2. The number of carbonyl (C=O) groups excluding carboxylic acids is 3. The van der Waals surface area contributed by atoms with Gasteiger partial charge in [-0.2, -0.15) is 0 Å². The molecule has 0 heterocycles. The van der Waals surface area contributed by atoms with E-state index >= 15 is 0 Å². The second-order valence-electron chi connectivity index (χ2n) is 9.81. The lowest BCUT2D eigenvalue weighted by atomic mass is 9.69. The number of Topliss-reactive ketones (excluding diaryl/α,β-unsaturated/α-hetero) is 1. The van der Waals surface area contributed by atoms with E-state index in [0.717, 1.165) is 35.7 Å². The molecule has 0 aliphatic heterocycles. The molecule has 1 aromatic rings. The summed E-state index contributed by atoms with van der Waals surface area (Å²) in [5.74, 6) is 0.578. The molecule has 0 aromatic heterocycles. The van der Waals surface area contributed by atoms with Crippen molar-refractivity contribution in [3.63, 3.8) is 0 Å². The summed E-state index contributed by atoms with van der Waals surface area (Å²) in [6.45, 7) is 2.16. The van der Waals surface area contributed by atoms with Crippen molar-refractivity contribution in [1.82, 2.24) is 10.6 Å². The third-order valence-corrected chi connectivity index (χ3v) is 8.20. The lowest BCUT2D eigenvalue weighted by molar-refractivity contribution is -0.130. The quantitative estimate of drug-likeness (QED) is 0.591. The van der Waals surface area contributed by atoms with Crippen LogP contribution in [0.1, 0.15) is 57.4 Å². The number of hydrogen-bond donors (Lipinski definition) is 3. The minimum absolute atomic E-state index is 0.0367. The standard InChI is InChI=1S/C24H32BrN3O3/c1-14(26)22(30)28-20-10-17-12-24(17)9-8-19(16(11-24)4-7-21(20)29)23(31)27-13-15-2-5-18(25)6-3-15/h2-3,5-6,14,16-17,19-20H,4,7-13,26H2,1H3,(H,27,31)(H,28,30)/t14-,16?,17?,19+,20-,24?/m0/s1. The van der Waals surface area contributed by atoms with Gasteiger partial charge in [0.25, 0.3) is 0 Å². The number of amides is 2. The first-order chi connectivity index (χ1) is 14.8. The maximum atomic E-state index is 13.0. The highest BCUT2D eigenvalue weighted by molar-refractivity contribution is 9.10. The summed E-state index contributed by atoms with van der Waals surface area (Å²) in [6, 6.07) is 6.90. The van der Waals surface area contributed by atoms with Crippen molar-refractivity contribution < 1.29 is 14.4 Å². The van der Waals surface area contributed by atoms with E-state index in [2.05, 4.69) is 26.6 Å². The van der Waals surface area contributed by atoms with E-state index in [1.165, 1.54) is 0 Å². The van der Waals surface area contributed by atoms with Crippen LogP contribution in [0.3, 0.4) is 0 Å². The van der Waals surface area contributed by atoms with Gasteiger partial charge in [0.15, 0.2) is 5.78 Å². The average Bonchev–Trinajstić information content (AvgIpc) is 3.40. The molecule has 3 saturated carbocycles. The third kappa shape index (κ3) is 5.03. The highest BCUT2D eigenvalue weighted by Crippen LogP contribution is 2.65. The molecule has 0 saturated heterocycles. The molecular weight excluding hydrogens is 458 g/mol. The van der Waals surface area contributed by atoms with Gasteiger partial charge in [-0.25, -0.2) is 0 Å². The molecule has 3 aliphatic rings. The monoisotopic (exact) mass is 489 g/mol. The van der Waals surface area contributed by atoms with Crippen molar-refractivity contribution in [2.45, 2.75) is 70.5 Å². The molecule has 3 fully saturated rings. The highest BCUT2D eigenvalue weighted by atomic mass is 79.9. The fourth-order valence-corrected chi connectivity index (χ4v) is 5.96. The zero-order valence-electron chi connectivity index (χ0n) is 18.0. The first kappa shape index (κ1) is 22.5. The molecular formula is C24H32BrN3O3. The number of ketones is 1. The first-order valence-electron chi connectivity index (χ1n) is 11.4. The van der Waals surface area contributed by atoms with E-state index in [0.29, 0.717) is 31.7 Å². The van der Waals surface area contributed by atoms with Crippen LogP contribution in [0.5, 0.6) is 0 Å². The van der Waals surface area contributed by atoms with Gasteiger partial charge in [-0.05, 0) is 80.4 Å². The highest BCUT2D eigenvalue weighted by Gasteiger charge is 2.58. The Hall–Kier alpha value is -1.73. The first-order valence-corrected chi connectivity index (χ1v) is 12.2. The van der Waals surface area contributed by atoms with Crippen LogP contribution in [0.15, 0.2) is 28.7 Å². The van der Waals surface area contributed by atoms with Gasteiger partial charge in [-0.15, -0.1) is 0 Å². The van der Waals surface area contributed by atoms with Crippen LogP contribution in [0, 0.1) is 23.2 Å². The Morgan fingerprint density at radius 1 is 1.23 bits per heavy atom. The van der Waals surface area contributed by atoms with Gasteiger partial charge < -0.3 is 16.4 Å².